The number of rotatable bonds is 5. The molecule has 28 heavy (non-hydrogen) atoms. The summed E-state index contributed by atoms with van der Waals surface area (Å²) in [5, 5.41) is 0.697. The fraction of sp³-hybridized carbons (Fsp3) is 0.368. The Labute approximate surface area is 165 Å². The number of piperazine rings is 1. The van der Waals surface area contributed by atoms with E-state index in [9.17, 15) is 18.0 Å². The van der Waals surface area contributed by atoms with Gasteiger partial charge >= 0.3 is 6.18 Å². The standard InChI is InChI=1S/C19H19ClF3N3O2/c20-16-4-1-14(2-5-16)12-25-7-9-26(10-8-25)18(27)15-3-6-17(24-11-15)28-13-19(21,22)23/h1-6,11H,7-10,12-13H2. The van der Waals surface area contributed by atoms with Crippen LogP contribution in [0.4, 0.5) is 13.2 Å². The molecule has 3 rings (SSSR count). The molecule has 0 radical (unpaired) electrons. The number of aromatic nitrogens is 1. The van der Waals surface area contributed by atoms with E-state index in [0.717, 1.165) is 25.2 Å². The zero-order valence-electron chi connectivity index (χ0n) is 15.0. The number of hydrogen-bond donors (Lipinski definition) is 0. The molecule has 0 atom stereocenters. The maximum atomic E-state index is 12.6. The van der Waals surface area contributed by atoms with E-state index < -0.39 is 12.8 Å². The van der Waals surface area contributed by atoms with Gasteiger partial charge in [0.15, 0.2) is 6.61 Å². The van der Waals surface area contributed by atoms with E-state index in [4.69, 9.17) is 11.6 Å². The number of nitrogens with zero attached hydrogens (tertiary/aromatic N) is 3. The van der Waals surface area contributed by atoms with Crippen molar-refractivity contribution in [3.05, 3.63) is 58.7 Å². The highest BCUT2D eigenvalue weighted by Gasteiger charge is 2.29. The average Bonchev–Trinajstić information content (AvgIpc) is 2.68. The number of ether oxygens (including phenoxy) is 1. The third-order valence-electron chi connectivity index (χ3n) is 4.35. The van der Waals surface area contributed by atoms with Crippen LogP contribution in [0.5, 0.6) is 5.88 Å². The fourth-order valence-corrected chi connectivity index (χ4v) is 3.01. The third-order valence-corrected chi connectivity index (χ3v) is 4.60. The second-order valence-corrected chi connectivity index (χ2v) is 6.92. The summed E-state index contributed by atoms with van der Waals surface area (Å²) >= 11 is 5.89. The van der Waals surface area contributed by atoms with Crippen LogP contribution in [0.15, 0.2) is 42.6 Å². The van der Waals surface area contributed by atoms with Crippen molar-refractivity contribution in [3.8, 4) is 5.88 Å². The third kappa shape index (κ3) is 5.84. The Bertz CT molecular complexity index is 790. The summed E-state index contributed by atoms with van der Waals surface area (Å²) in [5.41, 5.74) is 1.48. The lowest BCUT2D eigenvalue weighted by molar-refractivity contribution is -0.154. The molecular weight excluding hydrogens is 395 g/mol. The van der Waals surface area contributed by atoms with Gasteiger partial charge in [0, 0.05) is 50.0 Å². The summed E-state index contributed by atoms with van der Waals surface area (Å²) in [7, 11) is 0. The van der Waals surface area contributed by atoms with E-state index in [1.165, 1.54) is 18.3 Å². The van der Waals surface area contributed by atoms with Crippen molar-refractivity contribution in [2.75, 3.05) is 32.8 Å². The van der Waals surface area contributed by atoms with Gasteiger partial charge in [-0.25, -0.2) is 4.98 Å². The van der Waals surface area contributed by atoms with Gasteiger partial charge in [0.25, 0.3) is 5.91 Å². The SMILES string of the molecule is O=C(c1ccc(OCC(F)(F)F)nc1)N1CCN(Cc2ccc(Cl)cc2)CC1. The summed E-state index contributed by atoms with van der Waals surface area (Å²) in [4.78, 5) is 20.3. The molecule has 1 saturated heterocycles. The van der Waals surface area contributed by atoms with Gasteiger partial charge in [-0.3, -0.25) is 9.69 Å². The van der Waals surface area contributed by atoms with Crippen LogP contribution in [0.25, 0.3) is 0 Å². The Morgan fingerprint density at radius 2 is 1.75 bits per heavy atom. The normalized spacial score (nSPS) is 15.5. The molecule has 0 spiro atoms. The van der Waals surface area contributed by atoms with Gasteiger partial charge in [-0.05, 0) is 23.8 Å². The second kappa shape index (κ2) is 8.79. The molecule has 1 fully saturated rings. The first-order valence-corrected chi connectivity index (χ1v) is 9.10. The Balaban J connectivity index is 1.50. The van der Waals surface area contributed by atoms with Gasteiger partial charge in [-0.2, -0.15) is 13.2 Å². The Kier molecular flexibility index (Phi) is 6.41. The summed E-state index contributed by atoms with van der Waals surface area (Å²) < 4.78 is 41.0. The predicted octanol–water partition coefficient (Wildman–Crippen LogP) is 3.63. The summed E-state index contributed by atoms with van der Waals surface area (Å²) in [6.07, 6.45) is -3.18. The van der Waals surface area contributed by atoms with E-state index in [-0.39, 0.29) is 11.8 Å². The second-order valence-electron chi connectivity index (χ2n) is 6.48. The zero-order valence-corrected chi connectivity index (χ0v) is 15.7. The first kappa shape index (κ1) is 20.4. The van der Waals surface area contributed by atoms with Crippen LogP contribution in [0.1, 0.15) is 15.9 Å². The Hall–Kier alpha value is -2.32. The van der Waals surface area contributed by atoms with Crippen molar-refractivity contribution >= 4 is 17.5 Å². The summed E-state index contributed by atoms with van der Waals surface area (Å²) in [5.74, 6) is -0.359. The van der Waals surface area contributed by atoms with Crippen molar-refractivity contribution in [1.29, 1.82) is 0 Å². The van der Waals surface area contributed by atoms with Crippen LogP contribution < -0.4 is 4.74 Å². The predicted molar refractivity (Wildman–Crippen MR) is 98.4 cm³/mol. The van der Waals surface area contributed by atoms with Crippen LogP contribution in [0.2, 0.25) is 5.02 Å². The van der Waals surface area contributed by atoms with Gasteiger partial charge in [0.05, 0.1) is 5.56 Å². The van der Waals surface area contributed by atoms with Crippen LogP contribution in [0.3, 0.4) is 0 Å². The van der Waals surface area contributed by atoms with Crippen LogP contribution in [0, 0.1) is 0 Å². The Morgan fingerprint density at radius 1 is 1.07 bits per heavy atom. The highest BCUT2D eigenvalue weighted by molar-refractivity contribution is 6.30. The molecule has 1 aliphatic heterocycles. The zero-order chi connectivity index (χ0) is 20.1. The van der Waals surface area contributed by atoms with E-state index in [2.05, 4.69) is 14.6 Å². The molecule has 0 saturated carbocycles. The molecule has 2 aromatic rings. The minimum Gasteiger partial charge on any atom is -0.468 e. The van der Waals surface area contributed by atoms with Crippen LogP contribution in [-0.2, 0) is 6.54 Å². The maximum Gasteiger partial charge on any atom is 0.422 e. The van der Waals surface area contributed by atoms with E-state index >= 15 is 0 Å². The van der Waals surface area contributed by atoms with Crippen molar-refractivity contribution in [2.45, 2.75) is 12.7 Å². The number of amides is 1. The number of carbonyl (C=O) groups excluding carboxylic acids is 1. The van der Waals surface area contributed by atoms with Gasteiger partial charge in [0.1, 0.15) is 0 Å². The number of benzene rings is 1. The Morgan fingerprint density at radius 3 is 2.32 bits per heavy atom. The van der Waals surface area contributed by atoms with Crippen LogP contribution >= 0.6 is 11.6 Å². The molecule has 0 N–H and O–H groups in total. The molecule has 2 heterocycles. The lowest BCUT2D eigenvalue weighted by Crippen LogP contribution is -2.48. The molecule has 1 aromatic heterocycles. The summed E-state index contributed by atoms with van der Waals surface area (Å²) in [6.45, 7) is 1.97. The number of carbonyl (C=O) groups is 1. The molecule has 150 valence electrons. The molecule has 1 aliphatic rings. The topological polar surface area (TPSA) is 45.7 Å². The molecule has 0 unspecified atom stereocenters. The smallest absolute Gasteiger partial charge is 0.422 e. The van der Waals surface area contributed by atoms with Crippen molar-refractivity contribution in [3.63, 3.8) is 0 Å². The van der Waals surface area contributed by atoms with E-state index in [1.807, 2.05) is 24.3 Å². The minimum absolute atomic E-state index is 0.165. The average molecular weight is 414 g/mol. The molecule has 9 heteroatoms. The largest absolute Gasteiger partial charge is 0.468 e. The monoisotopic (exact) mass is 413 g/mol. The van der Waals surface area contributed by atoms with Crippen molar-refractivity contribution < 1.29 is 22.7 Å². The van der Waals surface area contributed by atoms with Crippen LogP contribution in [-0.4, -0.2) is 59.7 Å². The molecule has 1 aromatic carbocycles. The summed E-state index contributed by atoms with van der Waals surface area (Å²) in [6, 6.07) is 10.4. The van der Waals surface area contributed by atoms with Gasteiger partial charge < -0.3 is 9.64 Å². The number of hydrogen-bond acceptors (Lipinski definition) is 4. The minimum atomic E-state index is -4.43. The van der Waals surface area contributed by atoms with Gasteiger partial charge in [-0.15, -0.1) is 0 Å². The fourth-order valence-electron chi connectivity index (χ4n) is 2.89. The molecule has 5 nitrogen and oxygen atoms in total. The quantitative estimate of drug-likeness (QED) is 0.751. The molecular formula is C19H19ClF3N3O2. The lowest BCUT2D eigenvalue weighted by Gasteiger charge is -2.34. The van der Waals surface area contributed by atoms with Gasteiger partial charge in [-0.1, -0.05) is 23.7 Å². The number of halogens is 4. The van der Waals surface area contributed by atoms with Crippen molar-refractivity contribution in [1.82, 2.24) is 14.8 Å². The first-order valence-electron chi connectivity index (χ1n) is 8.72. The number of pyridine rings is 1. The maximum absolute atomic E-state index is 12.6. The molecule has 1 amide bonds. The molecule has 0 bridgehead atoms. The van der Waals surface area contributed by atoms with Crippen molar-refractivity contribution in [2.24, 2.45) is 0 Å². The van der Waals surface area contributed by atoms with E-state index in [0.29, 0.717) is 23.7 Å². The first-order chi connectivity index (χ1) is 13.3. The highest BCUT2D eigenvalue weighted by atomic mass is 35.5. The highest BCUT2D eigenvalue weighted by Crippen LogP contribution is 2.18. The van der Waals surface area contributed by atoms with Gasteiger partial charge in [0.2, 0.25) is 5.88 Å². The number of alkyl halides is 3. The molecule has 0 aliphatic carbocycles. The van der Waals surface area contributed by atoms with E-state index in [1.54, 1.807) is 4.90 Å². The lowest BCUT2D eigenvalue weighted by atomic mass is 10.2.